The van der Waals surface area contributed by atoms with E-state index < -0.39 is 0 Å². The van der Waals surface area contributed by atoms with E-state index in [2.05, 4.69) is 15.5 Å². The molecule has 1 aliphatic rings. The van der Waals surface area contributed by atoms with Crippen LogP contribution in [0.2, 0.25) is 0 Å². The second kappa shape index (κ2) is 7.83. The summed E-state index contributed by atoms with van der Waals surface area (Å²) in [6.07, 6.45) is 0.397. The van der Waals surface area contributed by atoms with Crippen LogP contribution in [0.4, 0.5) is 16.1 Å². The van der Waals surface area contributed by atoms with Gasteiger partial charge in [-0.25, -0.2) is 4.39 Å². The maximum absolute atomic E-state index is 13.1. The summed E-state index contributed by atoms with van der Waals surface area (Å²) in [7, 11) is 0. The van der Waals surface area contributed by atoms with Crippen molar-refractivity contribution in [2.24, 2.45) is 0 Å². The average molecular weight is 394 g/mol. The maximum atomic E-state index is 13.1. The van der Waals surface area contributed by atoms with Crippen molar-refractivity contribution in [3.63, 3.8) is 0 Å². The summed E-state index contributed by atoms with van der Waals surface area (Å²) in [6.45, 7) is 2.33. The number of nitrogens with zero attached hydrogens (tertiary/aromatic N) is 3. The van der Waals surface area contributed by atoms with Crippen LogP contribution >= 0.6 is 0 Å². The Balaban J connectivity index is 1.38. The number of halogens is 1. The molecular weight excluding hydrogens is 375 g/mol. The van der Waals surface area contributed by atoms with E-state index >= 15 is 0 Å². The van der Waals surface area contributed by atoms with Crippen LogP contribution in [0.15, 0.2) is 52.9 Å². The summed E-state index contributed by atoms with van der Waals surface area (Å²) >= 11 is 0. The number of benzene rings is 2. The molecule has 0 spiro atoms. The number of carbonyl (C=O) groups excluding carboxylic acids is 2. The van der Waals surface area contributed by atoms with E-state index in [1.165, 1.54) is 12.1 Å². The Bertz CT molecular complexity index is 1030. The minimum atomic E-state index is -0.361. The van der Waals surface area contributed by atoms with Gasteiger partial charge in [-0.1, -0.05) is 34.9 Å². The lowest BCUT2D eigenvalue weighted by Crippen LogP contribution is -2.24. The first kappa shape index (κ1) is 18.8. The van der Waals surface area contributed by atoms with E-state index in [9.17, 15) is 14.0 Å². The standard InChI is InChI=1S/C21H19FN4O3/c1-13-2-4-14(5-3-13)10-18(27)23-21-25-24-20(29-21)15-11-19(28)26(12-15)17-8-6-16(22)7-9-17/h2-9,15H,10-12H2,1H3,(H,23,25,27)/t15-/m0/s1. The number of nitrogens with one attached hydrogen (secondary N) is 1. The molecule has 2 amide bonds. The van der Waals surface area contributed by atoms with E-state index in [1.807, 2.05) is 31.2 Å². The monoisotopic (exact) mass is 394 g/mol. The van der Waals surface area contributed by atoms with Crippen molar-refractivity contribution >= 4 is 23.5 Å². The Hall–Kier alpha value is -3.55. The molecule has 4 rings (SSSR count). The first-order valence-corrected chi connectivity index (χ1v) is 9.22. The van der Waals surface area contributed by atoms with Crippen molar-refractivity contribution in [3.8, 4) is 0 Å². The lowest BCUT2D eigenvalue weighted by atomic mass is 10.1. The Kier molecular flexibility index (Phi) is 5.07. The van der Waals surface area contributed by atoms with Gasteiger partial charge >= 0.3 is 6.01 Å². The Morgan fingerprint density at radius 3 is 2.62 bits per heavy atom. The normalized spacial score (nSPS) is 16.3. The molecule has 2 aromatic carbocycles. The number of aryl methyl sites for hydroxylation is 1. The third-order valence-electron chi connectivity index (χ3n) is 4.78. The van der Waals surface area contributed by atoms with E-state index in [1.54, 1.807) is 17.0 Å². The van der Waals surface area contributed by atoms with Gasteiger partial charge < -0.3 is 9.32 Å². The van der Waals surface area contributed by atoms with Crippen molar-refractivity contribution in [2.45, 2.75) is 25.7 Å². The topological polar surface area (TPSA) is 88.3 Å². The van der Waals surface area contributed by atoms with Gasteiger partial charge in [-0.05, 0) is 36.8 Å². The number of amides is 2. The van der Waals surface area contributed by atoms with Gasteiger partial charge in [0.05, 0.1) is 12.3 Å². The summed E-state index contributed by atoms with van der Waals surface area (Å²) in [6, 6.07) is 13.4. The molecule has 1 N–H and O–H groups in total. The fourth-order valence-corrected chi connectivity index (χ4v) is 3.25. The maximum Gasteiger partial charge on any atom is 0.322 e. The van der Waals surface area contributed by atoms with E-state index in [0.29, 0.717) is 12.2 Å². The fraction of sp³-hybridized carbons (Fsp3) is 0.238. The SMILES string of the molecule is Cc1ccc(CC(=O)Nc2nnc([C@H]3CC(=O)N(c4ccc(F)cc4)C3)o2)cc1. The highest BCUT2D eigenvalue weighted by Crippen LogP contribution is 2.31. The van der Waals surface area contributed by atoms with Crippen LogP contribution in [0, 0.1) is 12.7 Å². The molecule has 2 heterocycles. The van der Waals surface area contributed by atoms with Crippen LogP contribution in [-0.2, 0) is 16.0 Å². The lowest BCUT2D eigenvalue weighted by molar-refractivity contribution is -0.117. The zero-order chi connectivity index (χ0) is 20.4. The molecule has 1 fully saturated rings. The van der Waals surface area contributed by atoms with Gasteiger partial charge in [-0.3, -0.25) is 14.9 Å². The van der Waals surface area contributed by atoms with Gasteiger partial charge in [0.2, 0.25) is 17.7 Å². The summed E-state index contributed by atoms with van der Waals surface area (Å²) in [5.41, 5.74) is 2.62. The molecule has 8 heteroatoms. The molecular formula is C21H19FN4O3. The minimum Gasteiger partial charge on any atom is -0.407 e. The van der Waals surface area contributed by atoms with Gasteiger partial charge in [0.15, 0.2) is 0 Å². The van der Waals surface area contributed by atoms with Gasteiger partial charge in [0.1, 0.15) is 5.82 Å². The molecule has 148 valence electrons. The van der Waals surface area contributed by atoms with Crippen molar-refractivity contribution in [1.82, 2.24) is 10.2 Å². The average Bonchev–Trinajstić information content (AvgIpc) is 3.31. The fourth-order valence-electron chi connectivity index (χ4n) is 3.25. The molecule has 1 atom stereocenters. The minimum absolute atomic E-state index is 0.00444. The third kappa shape index (κ3) is 4.31. The Morgan fingerprint density at radius 2 is 1.90 bits per heavy atom. The molecule has 1 aliphatic heterocycles. The molecule has 7 nitrogen and oxygen atoms in total. The third-order valence-corrected chi connectivity index (χ3v) is 4.78. The highest BCUT2D eigenvalue weighted by molar-refractivity contribution is 5.96. The highest BCUT2D eigenvalue weighted by atomic mass is 19.1. The van der Waals surface area contributed by atoms with E-state index in [0.717, 1.165) is 11.1 Å². The van der Waals surface area contributed by atoms with E-state index in [-0.39, 0.29) is 48.3 Å². The first-order chi connectivity index (χ1) is 14.0. The number of anilines is 2. The lowest BCUT2D eigenvalue weighted by Gasteiger charge is -2.15. The number of rotatable bonds is 5. The quantitative estimate of drug-likeness (QED) is 0.718. The van der Waals surface area contributed by atoms with Gasteiger partial charge in [-0.2, -0.15) is 0 Å². The zero-order valence-electron chi connectivity index (χ0n) is 15.8. The predicted octanol–water partition coefficient (Wildman–Crippen LogP) is 3.22. The molecule has 0 bridgehead atoms. The summed E-state index contributed by atoms with van der Waals surface area (Å²) in [4.78, 5) is 26.1. The molecule has 0 radical (unpaired) electrons. The van der Waals surface area contributed by atoms with Crippen LogP contribution in [-0.4, -0.2) is 28.6 Å². The molecule has 0 aliphatic carbocycles. The molecule has 1 aromatic heterocycles. The molecule has 0 saturated carbocycles. The van der Waals surface area contributed by atoms with Crippen molar-refractivity contribution in [2.75, 3.05) is 16.8 Å². The highest BCUT2D eigenvalue weighted by Gasteiger charge is 2.35. The van der Waals surface area contributed by atoms with Crippen molar-refractivity contribution in [1.29, 1.82) is 0 Å². The number of hydrogen-bond acceptors (Lipinski definition) is 5. The smallest absolute Gasteiger partial charge is 0.322 e. The second-order valence-electron chi connectivity index (χ2n) is 7.04. The molecule has 0 unspecified atom stereocenters. The van der Waals surface area contributed by atoms with E-state index in [4.69, 9.17) is 4.42 Å². The van der Waals surface area contributed by atoms with Crippen LogP contribution in [0.25, 0.3) is 0 Å². The van der Waals surface area contributed by atoms with Gasteiger partial charge in [0, 0.05) is 18.7 Å². The Morgan fingerprint density at radius 1 is 1.17 bits per heavy atom. The predicted molar refractivity (Wildman–Crippen MR) is 104 cm³/mol. The van der Waals surface area contributed by atoms with Crippen LogP contribution in [0.5, 0.6) is 0 Å². The van der Waals surface area contributed by atoms with Crippen molar-refractivity contribution < 1.29 is 18.4 Å². The van der Waals surface area contributed by atoms with Crippen LogP contribution < -0.4 is 10.2 Å². The van der Waals surface area contributed by atoms with Crippen molar-refractivity contribution in [3.05, 3.63) is 71.4 Å². The van der Waals surface area contributed by atoms with Gasteiger partial charge in [0.25, 0.3) is 0 Å². The number of carbonyl (C=O) groups is 2. The molecule has 3 aromatic rings. The van der Waals surface area contributed by atoms with Crippen LogP contribution in [0.1, 0.15) is 29.4 Å². The first-order valence-electron chi connectivity index (χ1n) is 9.22. The summed E-state index contributed by atoms with van der Waals surface area (Å²) in [5.74, 6) is -0.736. The summed E-state index contributed by atoms with van der Waals surface area (Å²) in [5, 5.41) is 10.4. The molecule has 29 heavy (non-hydrogen) atoms. The number of aromatic nitrogens is 2. The zero-order valence-corrected chi connectivity index (χ0v) is 15.8. The number of hydrogen-bond donors (Lipinski definition) is 1. The second-order valence-corrected chi connectivity index (χ2v) is 7.04. The molecule has 1 saturated heterocycles. The largest absolute Gasteiger partial charge is 0.407 e. The Labute approximate surface area is 166 Å². The van der Waals surface area contributed by atoms with Crippen LogP contribution in [0.3, 0.4) is 0 Å². The van der Waals surface area contributed by atoms with Gasteiger partial charge in [-0.15, -0.1) is 5.10 Å². The summed E-state index contributed by atoms with van der Waals surface area (Å²) < 4.78 is 18.7.